The number of rotatable bonds is 2. The van der Waals surface area contributed by atoms with Gasteiger partial charge in [0.05, 0.1) is 11.0 Å². The minimum absolute atomic E-state index is 0.475. The van der Waals surface area contributed by atoms with Gasteiger partial charge in [0.15, 0.2) is 6.07 Å². The highest BCUT2D eigenvalue weighted by Gasteiger charge is 2.07. The second kappa shape index (κ2) is 3.34. The van der Waals surface area contributed by atoms with Crippen LogP contribution in [-0.4, -0.2) is 9.91 Å². The minimum atomic E-state index is -0.721. The minimum Gasteiger partial charge on any atom is -0.361 e. The first-order valence-electron chi connectivity index (χ1n) is 3.13. The molecule has 1 aromatic heterocycles. The molecule has 0 aliphatic rings. The van der Waals surface area contributed by atoms with Crippen LogP contribution >= 0.6 is 0 Å². The monoisotopic (exact) mass is 163 g/mol. The van der Waals surface area contributed by atoms with Crippen molar-refractivity contribution in [3.05, 3.63) is 39.8 Å². The zero-order valence-electron chi connectivity index (χ0n) is 6.02. The molecule has 1 heterocycles. The highest BCUT2D eigenvalue weighted by Crippen LogP contribution is 2.03. The fourth-order valence-electron chi connectivity index (χ4n) is 0.707. The Morgan fingerprint density at radius 1 is 1.83 bits per heavy atom. The standard InChI is InChI=1S/C7H5N3O2/c8-5-7(10(11)12)4-6-2-1-3-9-6/h1-4,9H/b7-4+. The third kappa shape index (κ3) is 1.70. The van der Waals surface area contributed by atoms with Crippen LogP contribution in [-0.2, 0) is 0 Å². The molecule has 0 bridgehead atoms. The first-order valence-corrected chi connectivity index (χ1v) is 3.13. The van der Waals surface area contributed by atoms with Gasteiger partial charge in [0, 0.05) is 11.9 Å². The van der Waals surface area contributed by atoms with E-state index in [-0.39, 0.29) is 0 Å². The molecule has 5 nitrogen and oxygen atoms in total. The third-order valence-corrected chi connectivity index (χ3v) is 1.23. The number of hydrogen-bond acceptors (Lipinski definition) is 3. The van der Waals surface area contributed by atoms with Gasteiger partial charge in [0.2, 0.25) is 0 Å². The van der Waals surface area contributed by atoms with Crippen molar-refractivity contribution in [2.75, 3.05) is 0 Å². The SMILES string of the molecule is N#C/C(=C\c1ccc[nH]1)[N+](=O)[O-]. The first kappa shape index (κ1) is 8.01. The Kier molecular flexibility index (Phi) is 2.23. The van der Waals surface area contributed by atoms with Crippen LogP contribution in [0.25, 0.3) is 6.08 Å². The molecule has 0 radical (unpaired) electrons. The number of aromatic nitrogens is 1. The van der Waals surface area contributed by atoms with E-state index in [0.29, 0.717) is 5.69 Å². The van der Waals surface area contributed by atoms with Crippen LogP contribution in [0.15, 0.2) is 24.0 Å². The number of nitriles is 1. The van der Waals surface area contributed by atoms with Gasteiger partial charge >= 0.3 is 5.70 Å². The molecule has 0 aromatic carbocycles. The van der Waals surface area contributed by atoms with Crippen LogP contribution in [0.3, 0.4) is 0 Å². The molecule has 0 unspecified atom stereocenters. The maximum atomic E-state index is 10.2. The number of hydrogen-bond donors (Lipinski definition) is 1. The lowest BCUT2D eigenvalue weighted by Crippen LogP contribution is -1.94. The molecule has 0 aliphatic carbocycles. The maximum Gasteiger partial charge on any atom is 0.347 e. The van der Waals surface area contributed by atoms with Crippen LogP contribution in [0.5, 0.6) is 0 Å². The number of nitrogens with one attached hydrogen (secondary N) is 1. The van der Waals surface area contributed by atoms with Crippen LogP contribution in [0.1, 0.15) is 5.69 Å². The summed E-state index contributed by atoms with van der Waals surface area (Å²) in [5, 5.41) is 18.5. The van der Waals surface area contributed by atoms with Crippen molar-refractivity contribution in [1.29, 1.82) is 5.26 Å². The van der Waals surface area contributed by atoms with Gasteiger partial charge in [-0.15, -0.1) is 0 Å². The molecule has 0 aliphatic heterocycles. The Morgan fingerprint density at radius 3 is 3.00 bits per heavy atom. The fourth-order valence-corrected chi connectivity index (χ4v) is 0.707. The van der Waals surface area contributed by atoms with Gasteiger partial charge in [-0.1, -0.05) is 0 Å². The summed E-state index contributed by atoms with van der Waals surface area (Å²) in [7, 11) is 0. The summed E-state index contributed by atoms with van der Waals surface area (Å²) < 4.78 is 0. The Bertz CT molecular complexity index is 345. The summed E-state index contributed by atoms with van der Waals surface area (Å²) in [6.45, 7) is 0. The number of nitrogens with zero attached hydrogens (tertiary/aromatic N) is 2. The highest BCUT2D eigenvalue weighted by atomic mass is 16.6. The molecule has 0 amide bonds. The highest BCUT2D eigenvalue weighted by molar-refractivity contribution is 5.50. The first-order chi connectivity index (χ1) is 5.74. The van der Waals surface area contributed by atoms with Gasteiger partial charge in [-0.3, -0.25) is 10.1 Å². The smallest absolute Gasteiger partial charge is 0.347 e. The van der Waals surface area contributed by atoms with Gasteiger partial charge in [-0.2, -0.15) is 5.26 Å². The van der Waals surface area contributed by atoms with Crippen molar-refractivity contribution in [3.63, 3.8) is 0 Å². The van der Waals surface area contributed by atoms with Crippen molar-refractivity contribution >= 4 is 6.08 Å². The van der Waals surface area contributed by atoms with E-state index in [4.69, 9.17) is 5.26 Å². The molecule has 0 saturated heterocycles. The van der Waals surface area contributed by atoms with Crippen molar-refractivity contribution < 1.29 is 4.92 Å². The normalized spacial score (nSPS) is 10.8. The fraction of sp³-hybridized carbons (Fsp3) is 0. The molecular weight excluding hydrogens is 158 g/mol. The predicted octanol–water partition coefficient (Wildman–Crippen LogP) is 1.16. The van der Waals surface area contributed by atoms with Gasteiger partial charge in [0.1, 0.15) is 0 Å². The summed E-state index contributed by atoms with van der Waals surface area (Å²) in [5.41, 5.74) is 0.0701. The summed E-state index contributed by atoms with van der Waals surface area (Å²) in [6, 6.07) is 4.82. The number of aromatic amines is 1. The van der Waals surface area contributed by atoms with E-state index in [9.17, 15) is 10.1 Å². The quantitative estimate of drug-likeness (QED) is 0.403. The van der Waals surface area contributed by atoms with E-state index in [2.05, 4.69) is 4.98 Å². The van der Waals surface area contributed by atoms with Gasteiger partial charge in [-0.25, -0.2) is 0 Å². The molecule has 0 saturated carbocycles. The molecule has 60 valence electrons. The summed E-state index contributed by atoms with van der Waals surface area (Å²) in [6.07, 6.45) is 2.81. The van der Waals surface area contributed by atoms with Crippen LogP contribution in [0.2, 0.25) is 0 Å². The van der Waals surface area contributed by atoms with E-state index in [1.165, 1.54) is 12.1 Å². The van der Waals surface area contributed by atoms with E-state index in [1.807, 2.05) is 0 Å². The zero-order chi connectivity index (χ0) is 8.97. The molecule has 0 fully saturated rings. The van der Waals surface area contributed by atoms with E-state index in [1.54, 1.807) is 18.3 Å². The Balaban J connectivity index is 2.95. The number of allylic oxidation sites excluding steroid dienone is 1. The average molecular weight is 163 g/mol. The Hall–Kier alpha value is -2.09. The van der Waals surface area contributed by atoms with E-state index >= 15 is 0 Å². The Labute approximate surface area is 68.1 Å². The van der Waals surface area contributed by atoms with E-state index < -0.39 is 10.6 Å². The lowest BCUT2D eigenvalue weighted by atomic mass is 10.3. The summed E-state index contributed by atoms with van der Waals surface area (Å²) in [5.74, 6) is 0. The molecule has 1 N–H and O–H groups in total. The van der Waals surface area contributed by atoms with Crippen molar-refractivity contribution in [3.8, 4) is 6.07 Å². The zero-order valence-corrected chi connectivity index (χ0v) is 6.02. The van der Waals surface area contributed by atoms with Crippen LogP contribution < -0.4 is 0 Å². The van der Waals surface area contributed by atoms with Gasteiger partial charge in [-0.05, 0) is 12.1 Å². The second-order valence-corrected chi connectivity index (χ2v) is 2.02. The van der Waals surface area contributed by atoms with Crippen molar-refractivity contribution in [2.45, 2.75) is 0 Å². The predicted molar refractivity (Wildman–Crippen MR) is 41.4 cm³/mol. The maximum absolute atomic E-state index is 10.2. The molecule has 12 heavy (non-hydrogen) atoms. The molecular formula is C7H5N3O2. The van der Waals surface area contributed by atoms with Gasteiger partial charge in [0.25, 0.3) is 0 Å². The molecule has 5 heteroatoms. The lowest BCUT2D eigenvalue weighted by Gasteiger charge is -1.84. The van der Waals surface area contributed by atoms with Crippen LogP contribution in [0.4, 0.5) is 0 Å². The number of nitro groups is 1. The average Bonchev–Trinajstić information content (AvgIpc) is 2.51. The molecule has 1 rings (SSSR count). The second-order valence-electron chi connectivity index (χ2n) is 2.02. The largest absolute Gasteiger partial charge is 0.361 e. The van der Waals surface area contributed by atoms with Crippen molar-refractivity contribution in [2.24, 2.45) is 0 Å². The van der Waals surface area contributed by atoms with Gasteiger partial charge < -0.3 is 4.98 Å². The summed E-state index contributed by atoms with van der Waals surface area (Å²) in [4.78, 5) is 12.2. The van der Waals surface area contributed by atoms with Crippen molar-refractivity contribution in [1.82, 2.24) is 4.98 Å². The van der Waals surface area contributed by atoms with Crippen LogP contribution in [0, 0.1) is 21.4 Å². The Morgan fingerprint density at radius 2 is 2.58 bits per heavy atom. The number of H-pyrrole nitrogens is 1. The lowest BCUT2D eigenvalue weighted by molar-refractivity contribution is -0.415. The molecule has 0 spiro atoms. The van der Waals surface area contributed by atoms with E-state index in [0.717, 1.165) is 0 Å². The molecule has 0 atom stereocenters. The summed E-state index contributed by atoms with van der Waals surface area (Å²) >= 11 is 0. The third-order valence-electron chi connectivity index (χ3n) is 1.23. The molecule has 1 aromatic rings. The topological polar surface area (TPSA) is 82.7 Å².